The van der Waals surface area contributed by atoms with Gasteiger partial charge in [-0.3, -0.25) is 23.7 Å². The molecule has 0 unspecified atom stereocenters. The first-order chi connectivity index (χ1) is 23.7. The van der Waals surface area contributed by atoms with E-state index in [4.69, 9.17) is 56.6 Å². The fraction of sp³-hybridized carbons (Fsp3) is 0.0667. The quantitative estimate of drug-likeness (QED) is 0.110. The summed E-state index contributed by atoms with van der Waals surface area (Å²) in [5.74, 6) is -4.86. The predicted octanol–water partition coefficient (Wildman–Crippen LogP) is 4.98. The topological polar surface area (TPSA) is 231 Å². The molecule has 4 heterocycles. The fourth-order valence-corrected chi connectivity index (χ4v) is 5.81. The Bertz CT molecular complexity index is 2210. The third-order valence-electron chi connectivity index (χ3n) is 7.20. The van der Waals surface area contributed by atoms with Crippen molar-refractivity contribution in [3.8, 4) is 39.7 Å². The van der Waals surface area contributed by atoms with Crippen LogP contribution in [0.25, 0.3) is 28.2 Å². The number of carbonyl (C=O) groups is 4. The molecule has 5 N–H and O–H groups in total. The molecule has 0 bridgehead atoms. The lowest BCUT2D eigenvalue weighted by Gasteiger charge is -2.13. The van der Waals surface area contributed by atoms with E-state index in [0.717, 1.165) is 13.9 Å². The zero-order valence-corrected chi connectivity index (χ0v) is 27.7. The molecule has 4 aromatic heterocycles. The van der Waals surface area contributed by atoms with Gasteiger partial charge in [0.1, 0.15) is 57.0 Å². The summed E-state index contributed by atoms with van der Waals surface area (Å²) >= 11 is 25.8. The van der Waals surface area contributed by atoms with E-state index in [0.29, 0.717) is 11.1 Å². The van der Waals surface area contributed by atoms with Gasteiger partial charge in [-0.15, -0.1) is 10.2 Å². The van der Waals surface area contributed by atoms with E-state index < -0.39 is 48.1 Å². The number of phenols is 2. The lowest BCUT2D eigenvalue weighted by atomic mass is 10.0. The highest BCUT2D eigenvalue weighted by molar-refractivity contribution is 6.45. The van der Waals surface area contributed by atoms with Gasteiger partial charge in [-0.25, -0.2) is 9.36 Å². The Hall–Kier alpha value is -5.68. The van der Waals surface area contributed by atoms with Crippen molar-refractivity contribution in [1.82, 2.24) is 39.5 Å². The number of rotatable bonds is 11. The van der Waals surface area contributed by atoms with Gasteiger partial charge in [-0.1, -0.05) is 69.0 Å². The van der Waals surface area contributed by atoms with Crippen LogP contribution in [0.2, 0.25) is 20.4 Å². The fourth-order valence-electron chi connectivity index (χ4n) is 4.99. The number of ketones is 2. The van der Waals surface area contributed by atoms with Gasteiger partial charge in [-0.2, -0.15) is 0 Å². The number of carboxylic acids is 2. The maximum absolute atomic E-state index is 13.9. The number of H-pyrrole nitrogens is 1. The van der Waals surface area contributed by atoms with E-state index in [-0.39, 0.29) is 59.9 Å². The lowest BCUT2D eigenvalue weighted by molar-refractivity contribution is -0.138. The monoisotopic (exact) mass is 758 g/mol. The van der Waals surface area contributed by atoms with E-state index in [2.05, 4.69) is 25.6 Å². The van der Waals surface area contributed by atoms with Crippen LogP contribution in [0, 0.1) is 0 Å². The van der Waals surface area contributed by atoms with Crippen molar-refractivity contribution < 1.29 is 39.6 Å². The molecule has 20 heteroatoms. The second-order valence-corrected chi connectivity index (χ2v) is 12.0. The smallest absolute Gasteiger partial charge is 0.325 e. The van der Waals surface area contributed by atoms with Crippen molar-refractivity contribution in [2.75, 3.05) is 0 Å². The molecule has 0 spiro atoms. The average Bonchev–Trinajstić information content (AvgIpc) is 3.84. The number of aromatic nitrogens is 8. The predicted molar refractivity (Wildman–Crippen MR) is 177 cm³/mol. The molecule has 0 radical (unpaired) electrons. The van der Waals surface area contributed by atoms with E-state index in [1.54, 1.807) is 0 Å². The van der Waals surface area contributed by atoms with Crippen LogP contribution in [-0.2, 0) is 22.7 Å². The minimum atomic E-state index is -1.13. The summed E-state index contributed by atoms with van der Waals surface area (Å²) in [4.78, 5) is 52.4. The van der Waals surface area contributed by atoms with Gasteiger partial charge in [0.25, 0.3) is 0 Å². The second-order valence-electron chi connectivity index (χ2n) is 10.5. The van der Waals surface area contributed by atoms with Gasteiger partial charge in [0.05, 0.1) is 39.9 Å². The minimum absolute atomic E-state index is 0.115. The van der Waals surface area contributed by atoms with E-state index in [1.165, 1.54) is 54.9 Å². The van der Waals surface area contributed by atoms with E-state index in [1.807, 2.05) is 0 Å². The van der Waals surface area contributed by atoms with Gasteiger partial charge >= 0.3 is 11.9 Å². The zero-order valence-electron chi connectivity index (χ0n) is 24.7. The summed E-state index contributed by atoms with van der Waals surface area (Å²) in [5, 5.41) is 54.1. The van der Waals surface area contributed by atoms with Gasteiger partial charge in [-0.05, 0) is 30.3 Å². The highest BCUT2D eigenvalue weighted by Gasteiger charge is 2.31. The second kappa shape index (κ2) is 13.3. The molecule has 16 nitrogen and oxygen atoms in total. The Morgan fingerprint density at radius 3 is 1.70 bits per heavy atom. The number of aromatic hydroxyl groups is 2. The number of hydrogen-bond donors (Lipinski definition) is 5. The van der Waals surface area contributed by atoms with Gasteiger partial charge in [0.15, 0.2) is 0 Å². The van der Waals surface area contributed by atoms with Crippen molar-refractivity contribution in [1.29, 1.82) is 0 Å². The van der Waals surface area contributed by atoms with Crippen LogP contribution in [0.3, 0.4) is 0 Å². The summed E-state index contributed by atoms with van der Waals surface area (Å²) in [6.45, 7) is -0.872. The largest absolute Gasteiger partial charge is 0.507 e. The van der Waals surface area contributed by atoms with Crippen LogP contribution in [0.15, 0.2) is 54.9 Å². The normalized spacial score (nSPS) is 11.2. The molecule has 0 amide bonds. The number of hydrogen-bond acceptors (Lipinski definition) is 10. The molecule has 50 heavy (non-hydrogen) atoms. The number of benzene rings is 2. The molecular weight excluding hydrogens is 742 g/mol. The summed E-state index contributed by atoms with van der Waals surface area (Å²) in [5.41, 5.74) is -0.0377. The molecule has 6 rings (SSSR count). The zero-order chi connectivity index (χ0) is 36.0. The molecule has 6 aromatic rings. The standard InChI is InChI=1S/C30H18Cl4N8O8/c31-16-7-19(27(49)14-3-1-12(5-20(14)43)17-8-40(38-36-17)10-22(45)46)42(30(16)34)26-24(32)29(33)35-25(26)28(50)15-4-2-13(6-21(15)44)18-9-41(39-37-18)11-23(47)48/h1-9,35,43-44H,10-11H2,(H,45,46)(H,47,48). The first kappa shape index (κ1) is 34.2. The maximum Gasteiger partial charge on any atom is 0.325 e. The molecule has 0 fully saturated rings. The van der Waals surface area contributed by atoms with Gasteiger partial charge in [0, 0.05) is 11.1 Å². The number of carbonyl (C=O) groups excluding carboxylic acids is 2. The van der Waals surface area contributed by atoms with Crippen LogP contribution >= 0.6 is 46.4 Å². The Balaban J connectivity index is 1.36. The number of aliphatic carboxylic acids is 2. The van der Waals surface area contributed by atoms with Crippen LogP contribution in [0.1, 0.15) is 32.1 Å². The molecule has 0 saturated heterocycles. The number of nitrogens with zero attached hydrogens (tertiary/aromatic N) is 7. The SMILES string of the molecule is O=C(O)Cn1cc(-c2ccc(C(=O)c3[nH]c(Cl)c(Cl)c3-n3c(C(=O)c4ccc(-c5cn(CC(=O)O)nn5)cc4O)cc(Cl)c3Cl)c(O)c2)nn1. The molecule has 0 aliphatic heterocycles. The average molecular weight is 760 g/mol. The van der Waals surface area contributed by atoms with Gasteiger partial charge < -0.3 is 25.4 Å². The molecule has 0 aliphatic carbocycles. The van der Waals surface area contributed by atoms with Crippen LogP contribution in [0.4, 0.5) is 0 Å². The molecular formula is C30H18Cl4N8O8. The van der Waals surface area contributed by atoms with E-state index in [9.17, 15) is 29.4 Å². The summed E-state index contributed by atoms with van der Waals surface area (Å²) in [7, 11) is 0. The summed E-state index contributed by atoms with van der Waals surface area (Å²) in [6, 6.07) is 9.13. The first-order valence-electron chi connectivity index (χ1n) is 13.9. The Labute approximate surface area is 298 Å². The molecule has 0 saturated carbocycles. The van der Waals surface area contributed by atoms with Crippen molar-refractivity contribution in [2.24, 2.45) is 0 Å². The molecule has 254 valence electrons. The summed E-state index contributed by atoms with van der Waals surface area (Å²) < 4.78 is 3.24. The van der Waals surface area contributed by atoms with Crippen LogP contribution < -0.4 is 0 Å². The lowest BCUT2D eigenvalue weighted by Crippen LogP contribution is -2.13. The van der Waals surface area contributed by atoms with Crippen molar-refractivity contribution in [2.45, 2.75) is 13.1 Å². The third-order valence-corrected chi connectivity index (χ3v) is 8.71. The number of halogens is 4. The molecule has 0 atom stereocenters. The third kappa shape index (κ3) is 6.39. The van der Waals surface area contributed by atoms with Crippen LogP contribution in [-0.4, -0.2) is 83.5 Å². The summed E-state index contributed by atoms with van der Waals surface area (Å²) in [6.07, 6.45) is 2.70. The number of carboxylic acid groups (broad SMARTS) is 2. The van der Waals surface area contributed by atoms with Crippen molar-refractivity contribution in [3.05, 3.63) is 97.7 Å². The van der Waals surface area contributed by atoms with Crippen molar-refractivity contribution in [3.63, 3.8) is 0 Å². The number of nitrogens with one attached hydrogen (secondary N) is 1. The maximum atomic E-state index is 13.9. The number of aromatic amines is 1. The van der Waals surface area contributed by atoms with Crippen molar-refractivity contribution >= 4 is 69.9 Å². The van der Waals surface area contributed by atoms with E-state index >= 15 is 0 Å². The number of phenolic OH excluding ortho intramolecular Hbond substituents is 2. The molecule has 0 aliphatic rings. The highest BCUT2D eigenvalue weighted by atomic mass is 35.5. The first-order valence-corrected chi connectivity index (χ1v) is 15.4. The Morgan fingerprint density at radius 1 is 0.720 bits per heavy atom. The van der Waals surface area contributed by atoms with Gasteiger partial charge in [0.2, 0.25) is 11.6 Å². The minimum Gasteiger partial charge on any atom is -0.507 e. The Kier molecular flexibility index (Phi) is 9.11. The van der Waals surface area contributed by atoms with Crippen LogP contribution in [0.5, 0.6) is 11.5 Å². The Morgan fingerprint density at radius 2 is 1.22 bits per heavy atom. The highest BCUT2D eigenvalue weighted by Crippen LogP contribution is 2.41. The molecule has 2 aromatic carbocycles.